The van der Waals surface area contributed by atoms with E-state index in [1.54, 1.807) is 19.5 Å². The summed E-state index contributed by atoms with van der Waals surface area (Å²) in [5.74, 6) is -0.215. The Morgan fingerprint density at radius 3 is 2.74 bits per heavy atom. The highest BCUT2D eigenvalue weighted by Gasteiger charge is 2.14. The van der Waals surface area contributed by atoms with E-state index < -0.39 is 0 Å². The van der Waals surface area contributed by atoms with Crippen molar-refractivity contribution in [3.8, 4) is 0 Å². The number of hydrogen-bond donors (Lipinski definition) is 1. The fraction of sp³-hybridized carbons (Fsp3) is 0.333. The fourth-order valence-electron chi connectivity index (χ4n) is 2.12. The Balaban J connectivity index is 2.34. The Hall–Kier alpha value is -1.81. The summed E-state index contributed by atoms with van der Waals surface area (Å²) in [7, 11) is 1.96. The van der Waals surface area contributed by atoms with Crippen LogP contribution in [0.4, 0.5) is 10.1 Å². The molecule has 0 saturated heterocycles. The van der Waals surface area contributed by atoms with Crippen molar-refractivity contribution < 1.29 is 8.81 Å². The summed E-state index contributed by atoms with van der Waals surface area (Å²) >= 11 is 0. The van der Waals surface area contributed by atoms with Gasteiger partial charge in [0.05, 0.1) is 12.5 Å². The van der Waals surface area contributed by atoms with E-state index >= 15 is 0 Å². The Kier molecular flexibility index (Phi) is 3.90. The average molecular weight is 262 g/mol. The Labute approximate surface area is 112 Å². The molecular weight excluding hydrogens is 243 g/mol. The number of benzene rings is 1. The van der Waals surface area contributed by atoms with Gasteiger partial charge < -0.3 is 15.1 Å². The van der Waals surface area contributed by atoms with Gasteiger partial charge in [0.1, 0.15) is 5.82 Å². The average Bonchev–Trinajstić information content (AvgIpc) is 2.84. The zero-order chi connectivity index (χ0) is 14.0. The smallest absolute Gasteiger partial charge is 0.126 e. The molecule has 0 amide bonds. The molecule has 0 fully saturated rings. The zero-order valence-electron chi connectivity index (χ0n) is 11.5. The van der Waals surface area contributed by atoms with Crippen molar-refractivity contribution in [2.75, 3.05) is 11.9 Å². The van der Waals surface area contributed by atoms with Crippen molar-refractivity contribution >= 4 is 5.69 Å². The van der Waals surface area contributed by atoms with Gasteiger partial charge in [-0.15, -0.1) is 0 Å². The highest BCUT2D eigenvalue weighted by molar-refractivity contribution is 5.56. The summed E-state index contributed by atoms with van der Waals surface area (Å²) < 4.78 is 18.7. The van der Waals surface area contributed by atoms with Crippen molar-refractivity contribution in [1.29, 1.82) is 0 Å². The highest BCUT2D eigenvalue weighted by Crippen LogP contribution is 2.28. The summed E-state index contributed by atoms with van der Waals surface area (Å²) in [5, 5.41) is 0. The van der Waals surface area contributed by atoms with E-state index in [0.29, 0.717) is 12.1 Å². The first-order valence-electron chi connectivity index (χ1n) is 6.27. The molecule has 0 bridgehead atoms. The lowest BCUT2D eigenvalue weighted by Crippen LogP contribution is -2.20. The van der Waals surface area contributed by atoms with Gasteiger partial charge in [-0.25, -0.2) is 4.39 Å². The number of nitrogens with two attached hydrogens (primary N) is 1. The molecule has 1 atom stereocenters. The lowest BCUT2D eigenvalue weighted by Gasteiger charge is -2.24. The van der Waals surface area contributed by atoms with Crippen molar-refractivity contribution in [1.82, 2.24) is 0 Å². The summed E-state index contributed by atoms with van der Waals surface area (Å²) in [6.07, 6.45) is 3.35. The minimum absolute atomic E-state index is 0.211. The fourth-order valence-corrected chi connectivity index (χ4v) is 2.12. The number of anilines is 1. The maximum Gasteiger partial charge on any atom is 0.126 e. The molecule has 2 N–H and O–H groups in total. The normalized spacial score (nSPS) is 12.5. The minimum Gasteiger partial charge on any atom is -0.472 e. The molecule has 0 unspecified atom stereocenters. The third-order valence-electron chi connectivity index (χ3n) is 3.21. The number of rotatable bonds is 4. The third-order valence-corrected chi connectivity index (χ3v) is 3.21. The summed E-state index contributed by atoms with van der Waals surface area (Å²) in [6.45, 7) is 4.32. The molecule has 19 heavy (non-hydrogen) atoms. The molecule has 0 radical (unpaired) electrons. The number of nitrogens with zero attached hydrogens (tertiary/aromatic N) is 1. The largest absolute Gasteiger partial charge is 0.472 e. The van der Waals surface area contributed by atoms with E-state index in [-0.39, 0.29) is 11.9 Å². The molecule has 0 aliphatic heterocycles. The molecule has 1 aromatic heterocycles. The van der Waals surface area contributed by atoms with Crippen molar-refractivity contribution in [3.05, 3.63) is 53.2 Å². The van der Waals surface area contributed by atoms with Crippen LogP contribution in [0.2, 0.25) is 0 Å². The maximum absolute atomic E-state index is 13.7. The second-order valence-corrected chi connectivity index (χ2v) is 4.94. The topological polar surface area (TPSA) is 42.4 Å². The number of hydrogen-bond acceptors (Lipinski definition) is 3. The van der Waals surface area contributed by atoms with Crippen molar-refractivity contribution in [2.45, 2.75) is 26.4 Å². The molecule has 0 aliphatic rings. The Bertz CT molecular complexity index is 550. The van der Waals surface area contributed by atoms with Crippen LogP contribution in [0.5, 0.6) is 0 Å². The third kappa shape index (κ3) is 2.96. The Morgan fingerprint density at radius 2 is 2.16 bits per heavy atom. The summed E-state index contributed by atoms with van der Waals surface area (Å²) in [5.41, 5.74) is 9.39. The van der Waals surface area contributed by atoms with Gasteiger partial charge >= 0.3 is 0 Å². The van der Waals surface area contributed by atoms with E-state index in [0.717, 1.165) is 16.8 Å². The summed E-state index contributed by atoms with van der Waals surface area (Å²) in [4.78, 5) is 2.05. The van der Waals surface area contributed by atoms with Crippen LogP contribution in [0.15, 0.2) is 35.1 Å². The van der Waals surface area contributed by atoms with Gasteiger partial charge in [-0.2, -0.15) is 0 Å². The van der Waals surface area contributed by atoms with Crippen LogP contribution in [-0.4, -0.2) is 7.05 Å². The zero-order valence-corrected chi connectivity index (χ0v) is 11.5. The van der Waals surface area contributed by atoms with Crippen LogP contribution in [0, 0.1) is 12.7 Å². The SMILES string of the molecule is Cc1cc(N(C)Cc2ccoc2)c([C@@H](C)N)cc1F. The summed E-state index contributed by atoms with van der Waals surface area (Å²) in [6, 6.07) is 5.07. The Morgan fingerprint density at radius 1 is 1.42 bits per heavy atom. The monoisotopic (exact) mass is 262 g/mol. The van der Waals surface area contributed by atoms with E-state index in [2.05, 4.69) is 4.90 Å². The number of furan rings is 1. The quantitative estimate of drug-likeness (QED) is 0.918. The van der Waals surface area contributed by atoms with Crippen molar-refractivity contribution in [3.63, 3.8) is 0 Å². The first-order valence-corrected chi connectivity index (χ1v) is 6.27. The van der Waals surface area contributed by atoms with Gasteiger partial charge in [-0.3, -0.25) is 0 Å². The predicted octanol–water partition coefficient (Wildman–Crippen LogP) is 3.38. The number of halogens is 1. The molecule has 2 rings (SSSR count). The van der Waals surface area contributed by atoms with Crippen LogP contribution >= 0.6 is 0 Å². The van der Waals surface area contributed by atoms with E-state index in [1.165, 1.54) is 6.07 Å². The van der Waals surface area contributed by atoms with Crippen LogP contribution in [-0.2, 0) is 6.54 Å². The molecule has 102 valence electrons. The molecule has 0 saturated carbocycles. The maximum atomic E-state index is 13.7. The standard InChI is InChI=1S/C15H19FN2O/c1-10-6-15(13(11(2)17)7-14(10)16)18(3)8-12-4-5-19-9-12/h4-7,9,11H,8,17H2,1-3H3/t11-/m1/s1. The lowest BCUT2D eigenvalue weighted by molar-refractivity contribution is 0.563. The van der Waals surface area contributed by atoms with Gasteiger partial charge in [0, 0.05) is 30.9 Å². The van der Waals surface area contributed by atoms with Crippen LogP contribution < -0.4 is 10.6 Å². The number of aryl methyl sites for hydroxylation is 1. The molecule has 4 heteroatoms. The first kappa shape index (κ1) is 13.6. The van der Waals surface area contributed by atoms with Gasteiger partial charge in [0.2, 0.25) is 0 Å². The molecular formula is C15H19FN2O. The van der Waals surface area contributed by atoms with Gasteiger partial charge in [-0.1, -0.05) is 0 Å². The molecule has 0 spiro atoms. The van der Waals surface area contributed by atoms with Crippen LogP contribution in [0.3, 0.4) is 0 Å². The molecule has 1 heterocycles. The van der Waals surface area contributed by atoms with E-state index in [9.17, 15) is 4.39 Å². The van der Waals surface area contributed by atoms with E-state index in [1.807, 2.05) is 26.1 Å². The molecule has 3 nitrogen and oxygen atoms in total. The van der Waals surface area contributed by atoms with Crippen LogP contribution in [0.1, 0.15) is 29.7 Å². The first-order chi connectivity index (χ1) is 8.99. The second-order valence-electron chi connectivity index (χ2n) is 4.94. The second kappa shape index (κ2) is 5.45. The lowest BCUT2D eigenvalue weighted by atomic mass is 10.0. The van der Waals surface area contributed by atoms with Gasteiger partial charge in [0.15, 0.2) is 0 Å². The highest BCUT2D eigenvalue weighted by atomic mass is 19.1. The van der Waals surface area contributed by atoms with E-state index in [4.69, 9.17) is 10.2 Å². The molecule has 1 aromatic carbocycles. The predicted molar refractivity (Wildman–Crippen MR) is 74.6 cm³/mol. The minimum atomic E-state index is -0.215. The molecule has 2 aromatic rings. The molecule has 0 aliphatic carbocycles. The van der Waals surface area contributed by atoms with Gasteiger partial charge in [0.25, 0.3) is 0 Å². The van der Waals surface area contributed by atoms with Gasteiger partial charge in [-0.05, 0) is 43.2 Å². The van der Waals surface area contributed by atoms with Crippen LogP contribution in [0.25, 0.3) is 0 Å². The van der Waals surface area contributed by atoms with Crippen molar-refractivity contribution in [2.24, 2.45) is 5.73 Å².